The fourth-order valence-corrected chi connectivity index (χ4v) is 2.56. The molecule has 0 aliphatic heterocycles. The van der Waals surface area contributed by atoms with Crippen molar-refractivity contribution < 1.29 is 5.11 Å². The van der Waals surface area contributed by atoms with Gasteiger partial charge in [-0.3, -0.25) is 5.10 Å². The zero-order chi connectivity index (χ0) is 13.2. The van der Waals surface area contributed by atoms with E-state index in [1.54, 1.807) is 13.2 Å². The highest BCUT2D eigenvalue weighted by Gasteiger charge is 2.25. The van der Waals surface area contributed by atoms with Gasteiger partial charge in [-0.2, -0.15) is 15.1 Å². The van der Waals surface area contributed by atoms with E-state index in [0.29, 0.717) is 17.5 Å². The van der Waals surface area contributed by atoms with E-state index in [0.717, 1.165) is 37.0 Å². The van der Waals surface area contributed by atoms with Gasteiger partial charge in [0, 0.05) is 19.5 Å². The van der Waals surface area contributed by atoms with Gasteiger partial charge in [0.15, 0.2) is 5.65 Å². The lowest BCUT2D eigenvalue weighted by atomic mass is 10.1. The second-order valence-corrected chi connectivity index (χ2v) is 4.92. The summed E-state index contributed by atoms with van der Waals surface area (Å²) in [6, 6.07) is 0. The lowest BCUT2D eigenvalue weighted by Crippen LogP contribution is -2.22. The Morgan fingerprint density at radius 2 is 2.32 bits per heavy atom. The number of rotatable bonds is 4. The van der Waals surface area contributed by atoms with E-state index in [1.807, 2.05) is 0 Å². The number of hydrogen-bond acceptors (Lipinski definition) is 6. The maximum absolute atomic E-state index is 9.84. The first-order chi connectivity index (χ1) is 9.28. The highest BCUT2D eigenvalue weighted by molar-refractivity contribution is 5.86. The lowest BCUT2D eigenvalue weighted by Gasteiger charge is -2.16. The highest BCUT2D eigenvalue weighted by Crippen LogP contribution is 2.27. The maximum Gasteiger partial charge on any atom is 0.226 e. The van der Waals surface area contributed by atoms with E-state index < -0.39 is 0 Å². The van der Waals surface area contributed by atoms with Crippen LogP contribution < -0.4 is 10.6 Å². The fourth-order valence-electron chi connectivity index (χ4n) is 2.56. The molecule has 0 aromatic carbocycles. The smallest absolute Gasteiger partial charge is 0.226 e. The van der Waals surface area contributed by atoms with Crippen LogP contribution in [0, 0.1) is 5.92 Å². The average Bonchev–Trinajstić information content (AvgIpc) is 3.04. The van der Waals surface area contributed by atoms with Crippen molar-refractivity contribution in [2.45, 2.75) is 25.4 Å². The largest absolute Gasteiger partial charge is 0.393 e. The third kappa shape index (κ3) is 2.33. The van der Waals surface area contributed by atoms with Crippen LogP contribution in [0.3, 0.4) is 0 Å². The summed E-state index contributed by atoms with van der Waals surface area (Å²) in [5.41, 5.74) is 0.703. The molecule has 1 saturated carbocycles. The summed E-state index contributed by atoms with van der Waals surface area (Å²) in [7, 11) is 1.78. The van der Waals surface area contributed by atoms with E-state index in [-0.39, 0.29) is 6.10 Å². The van der Waals surface area contributed by atoms with Crippen LogP contribution in [0.2, 0.25) is 0 Å². The molecule has 2 heterocycles. The minimum absolute atomic E-state index is 0.196. The second-order valence-electron chi connectivity index (χ2n) is 4.92. The van der Waals surface area contributed by atoms with Crippen LogP contribution in [-0.4, -0.2) is 45.0 Å². The minimum atomic E-state index is -0.196. The molecule has 7 heteroatoms. The number of aromatic nitrogens is 4. The summed E-state index contributed by atoms with van der Waals surface area (Å²) < 4.78 is 0. The molecule has 7 nitrogen and oxygen atoms in total. The van der Waals surface area contributed by atoms with Crippen molar-refractivity contribution in [1.29, 1.82) is 0 Å². The predicted octanol–water partition coefficient (Wildman–Crippen LogP) is 0.967. The summed E-state index contributed by atoms with van der Waals surface area (Å²) in [6.07, 6.45) is 4.58. The molecule has 4 N–H and O–H groups in total. The number of nitrogens with zero attached hydrogens (tertiary/aromatic N) is 3. The molecule has 0 saturated heterocycles. The van der Waals surface area contributed by atoms with Crippen LogP contribution >= 0.6 is 0 Å². The molecule has 0 spiro atoms. The number of H-pyrrole nitrogens is 1. The van der Waals surface area contributed by atoms with Crippen LogP contribution in [0.5, 0.6) is 0 Å². The normalized spacial score (nSPS) is 22.8. The van der Waals surface area contributed by atoms with Crippen LogP contribution in [-0.2, 0) is 0 Å². The third-order valence-corrected chi connectivity index (χ3v) is 3.68. The van der Waals surface area contributed by atoms with Gasteiger partial charge in [-0.05, 0) is 12.8 Å². The van der Waals surface area contributed by atoms with E-state index >= 15 is 0 Å². The van der Waals surface area contributed by atoms with Gasteiger partial charge in [0.1, 0.15) is 5.82 Å². The predicted molar refractivity (Wildman–Crippen MR) is 73.1 cm³/mol. The first-order valence-electron chi connectivity index (χ1n) is 6.58. The Morgan fingerprint density at radius 1 is 1.42 bits per heavy atom. The first-order valence-corrected chi connectivity index (χ1v) is 6.58. The SMILES string of the molecule is CNc1nc(NCC2CCCC2O)c2cn[nH]c2n1. The van der Waals surface area contributed by atoms with Crippen molar-refractivity contribution in [3.8, 4) is 0 Å². The molecule has 3 rings (SSSR count). The molecule has 2 aromatic heterocycles. The van der Waals surface area contributed by atoms with Gasteiger partial charge in [0.2, 0.25) is 5.95 Å². The Morgan fingerprint density at radius 3 is 3.05 bits per heavy atom. The summed E-state index contributed by atoms with van der Waals surface area (Å²) in [5.74, 6) is 1.60. The molecule has 19 heavy (non-hydrogen) atoms. The van der Waals surface area contributed by atoms with Gasteiger partial charge < -0.3 is 15.7 Å². The molecule has 1 aliphatic carbocycles. The standard InChI is InChI=1S/C12H18N6O/c1-13-12-16-10(8-6-15-18-11(8)17-12)14-5-7-3-2-4-9(7)19/h6-7,9,19H,2-5H2,1H3,(H3,13,14,15,16,17,18). The zero-order valence-corrected chi connectivity index (χ0v) is 10.8. The van der Waals surface area contributed by atoms with Crippen LogP contribution in [0.1, 0.15) is 19.3 Å². The Balaban J connectivity index is 1.81. The van der Waals surface area contributed by atoms with E-state index in [1.165, 1.54) is 0 Å². The molecule has 2 unspecified atom stereocenters. The van der Waals surface area contributed by atoms with Gasteiger partial charge in [-0.1, -0.05) is 6.42 Å². The van der Waals surface area contributed by atoms with Crippen LogP contribution in [0.25, 0.3) is 11.0 Å². The van der Waals surface area contributed by atoms with Crippen molar-refractivity contribution in [3.63, 3.8) is 0 Å². The Hall–Kier alpha value is -1.89. The van der Waals surface area contributed by atoms with Crippen molar-refractivity contribution >= 4 is 22.8 Å². The topological polar surface area (TPSA) is 98.8 Å². The van der Waals surface area contributed by atoms with Gasteiger partial charge >= 0.3 is 0 Å². The number of hydrogen-bond donors (Lipinski definition) is 4. The molecular weight excluding hydrogens is 244 g/mol. The molecule has 2 aromatic rings. The number of fused-ring (bicyclic) bond motifs is 1. The number of aliphatic hydroxyl groups is 1. The summed E-state index contributed by atoms with van der Waals surface area (Å²) >= 11 is 0. The molecule has 1 aliphatic rings. The zero-order valence-electron chi connectivity index (χ0n) is 10.8. The maximum atomic E-state index is 9.84. The summed E-state index contributed by atoms with van der Waals surface area (Å²) in [6.45, 7) is 0.724. The highest BCUT2D eigenvalue weighted by atomic mass is 16.3. The van der Waals surface area contributed by atoms with E-state index in [2.05, 4.69) is 30.8 Å². The van der Waals surface area contributed by atoms with Crippen molar-refractivity contribution in [2.75, 3.05) is 24.2 Å². The van der Waals surface area contributed by atoms with Crippen molar-refractivity contribution in [1.82, 2.24) is 20.2 Å². The van der Waals surface area contributed by atoms with Gasteiger partial charge in [-0.15, -0.1) is 0 Å². The van der Waals surface area contributed by atoms with E-state index in [9.17, 15) is 5.11 Å². The lowest BCUT2D eigenvalue weighted by molar-refractivity contribution is 0.138. The van der Waals surface area contributed by atoms with Gasteiger partial charge in [-0.25, -0.2) is 0 Å². The summed E-state index contributed by atoms with van der Waals surface area (Å²) in [4.78, 5) is 8.68. The molecular formula is C12H18N6O. The second kappa shape index (κ2) is 5.00. The molecule has 102 valence electrons. The minimum Gasteiger partial charge on any atom is -0.393 e. The van der Waals surface area contributed by atoms with Crippen LogP contribution in [0.4, 0.5) is 11.8 Å². The quantitative estimate of drug-likeness (QED) is 0.655. The Labute approximate surface area is 110 Å². The van der Waals surface area contributed by atoms with Crippen LogP contribution in [0.15, 0.2) is 6.20 Å². The molecule has 0 bridgehead atoms. The Kier molecular flexibility index (Phi) is 3.20. The number of anilines is 2. The number of nitrogens with one attached hydrogen (secondary N) is 3. The average molecular weight is 262 g/mol. The van der Waals surface area contributed by atoms with E-state index in [4.69, 9.17) is 0 Å². The molecule has 0 radical (unpaired) electrons. The van der Waals surface area contributed by atoms with Gasteiger partial charge in [0.25, 0.3) is 0 Å². The molecule has 1 fully saturated rings. The molecule has 0 amide bonds. The number of aromatic amines is 1. The molecule has 2 atom stereocenters. The summed E-state index contributed by atoms with van der Waals surface area (Å²) in [5, 5.41) is 23.8. The Bertz CT molecular complexity index is 568. The fraction of sp³-hybridized carbons (Fsp3) is 0.583. The van der Waals surface area contributed by atoms with Crippen molar-refractivity contribution in [2.24, 2.45) is 5.92 Å². The van der Waals surface area contributed by atoms with Crippen molar-refractivity contribution in [3.05, 3.63) is 6.20 Å². The number of aliphatic hydroxyl groups excluding tert-OH is 1. The monoisotopic (exact) mass is 262 g/mol. The first kappa shape index (κ1) is 12.2. The van der Waals surface area contributed by atoms with Gasteiger partial charge in [0.05, 0.1) is 17.7 Å². The third-order valence-electron chi connectivity index (χ3n) is 3.68.